The zero-order valence-electron chi connectivity index (χ0n) is 14.6. The first-order valence-electron chi connectivity index (χ1n) is 8.06. The first kappa shape index (κ1) is 20.4. The lowest BCUT2D eigenvalue weighted by molar-refractivity contribution is -0.136. The van der Waals surface area contributed by atoms with Crippen molar-refractivity contribution in [3.8, 4) is 0 Å². The summed E-state index contributed by atoms with van der Waals surface area (Å²) in [5, 5.41) is 10.6. The monoisotopic (exact) mass is 434 g/mol. The second-order valence-corrected chi connectivity index (χ2v) is 6.13. The number of carbonyl (C=O) groups is 3. The summed E-state index contributed by atoms with van der Waals surface area (Å²) in [6.07, 6.45) is 1.33. The Balaban J connectivity index is 2.27. The highest BCUT2D eigenvalue weighted by Gasteiger charge is 2.20. The van der Waals surface area contributed by atoms with Crippen LogP contribution in [-0.4, -0.2) is 46.8 Å². The summed E-state index contributed by atoms with van der Waals surface area (Å²) in [5.41, 5.74) is 3.60. The number of amides is 2. The fourth-order valence-corrected chi connectivity index (χ4v) is 2.45. The Hall–Kier alpha value is -2.94. The minimum Gasteiger partial charge on any atom is -0.481 e. The van der Waals surface area contributed by atoms with Gasteiger partial charge in [-0.1, -0.05) is 28.1 Å². The van der Waals surface area contributed by atoms with Gasteiger partial charge in [-0.2, -0.15) is 0 Å². The summed E-state index contributed by atoms with van der Waals surface area (Å²) >= 11 is 3.07. The van der Waals surface area contributed by atoms with Crippen LogP contribution in [0.15, 0.2) is 48.7 Å². The largest absolute Gasteiger partial charge is 0.481 e. The number of halogens is 1. The third-order valence-corrected chi connectivity index (χ3v) is 4.12. The molecule has 0 fully saturated rings. The molecule has 8 nitrogen and oxygen atoms in total. The van der Waals surface area contributed by atoms with Crippen LogP contribution >= 0.6 is 15.9 Å². The second kappa shape index (κ2) is 9.67. The van der Waals surface area contributed by atoms with Gasteiger partial charge < -0.3 is 5.11 Å². The van der Waals surface area contributed by atoms with Crippen LogP contribution in [-0.2, 0) is 9.59 Å². The first-order chi connectivity index (χ1) is 12.9. The average molecular weight is 435 g/mol. The molecule has 2 aromatic rings. The highest BCUT2D eigenvalue weighted by Crippen LogP contribution is 2.19. The average Bonchev–Trinajstić information content (AvgIpc) is 2.68. The molecule has 0 unspecified atom stereocenters. The molecule has 0 spiro atoms. The lowest BCUT2D eigenvalue weighted by atomic mass is 10.1. The number of hydrogen-bond donors (Lipinski definition) is 2. The normalized spacial score (nSPS) is 10.1. The van der Waals surface area contributed by atoms with Gasteiger partial charge in [-0.25, -0.2) is 4.98 Å². The first-order valence-corrected chi connectivity index (χ1v) is 9.18. The van der Waals surface area contributed by atoms with Gasteiger partial charge in [0.25, 0.3) is 5.91 Å². The van der Waals surface area contributed by atoms with E-state index in [0.717, 1.165) is 0 Å². The summed E-state index contributed by atoms with van der Waals surface area (Å²) in [7, 11) is 1.66. The quantitative estimate of drug-likeness (QED) is 0.486. The van der Waals surface area contributed by atoms with E-state index in [1.807, 2.05) is 0 Å². The van der Waals surface area contributed by atoms with Crippen LogP contribution in [0, 0.1) is 0 Å². The number of carboxylic acid groups (broad SMARTS) is 1. The standard InChI is InChI=1S/C18H19BrN4O4/c1-22(21-16(24)12-19)14-6-4-5-13(11-14)18(27)23(10-8-17(25)26)15-7-2-3-9-20-15/h2-7,9,11H,8,10,12H2,1H3,(H,21,24)(H,25,26). The summed E-state index contributed by atoms with van der Waals surface area (Å²) in [4.78, 5) is 40.9. The highest BCUT2D eigenvalue weighted by atomic mass is 79.9. The molecule has 0 bridgehead atoms. The third-order valence-electron chi connectivity index (χ3n) is 3.61. The summed E-state index contributed by atoms with van der Waals surface area (Å²) < 4.78 is 0. The van der Waals surface area contributed by atoms with Gasteiger partial charge in [-0.15, -0.1) is 0 Å². The van der Waals surface area contributed by atoms with Crippen molar-refractivity contribution < 1.29 is 19.5 Å². The molecule has 9 heteroatoms. The summed E-state index contributed by atoms with van der Waals surface area (Å²) in [6, 6.07) is 11.8. The topological polar surface area (TPSA) is 103 Å². The van der Waals surface area contributed by atoms with Gasteiger partial charge in [0.15, 0.2) is 0 Å². The van der Waals surface area contributed by atoms with Crippen LogP contribution in [0.3, 0.4) is 0 Å². The maximum absolute atomic E-state index is 13.0. The molecule has 142 valence electrons. The predicted molar refractivity (Wildman–Crippen MR) is 105 cm³/mol. The van der Waals surface area contributed by atoms with E-state index in [-0.39, 0.29) is 30.1 Å². The molecule has 0 atom stereocenters. The van der Waals surface area contributed by atoms with E-state index in [1.165, 1.54) is 16.1 Å². The van der Waals surface area contributed by atoms with Crippen LogP contribution in [0.4, 0.5) is 11.5 Å². The van der Waals surface area contributed by atoms with Gasteiger partial charge >= 0.3 is 5.97 Å². The maximum Gasteiger partial charge on any atom is 0.305 e. The second-order valence-electron chi connectivity index (χ2n) is 5.57. The summed E-state index contributed by atoms with van der Waals surface area (Å²) in [6.45, 7) is -0.00836. The SMILES string of the molecule is CN(NC(=O)CBr)c1cccc(C(=O)N(CCC(=O)O)c2ccccn2)c1. The molecule has 0 aliphatic rings. The number of benzene rings is 1. The van der Waals surface area contributed by atoms with Gasteiger partial charge in [0, 0.05) is 25.4 Å². The van der Waals surface area contributed by atoms with Gasteiger partial charge in [0.2, 0.25) is 5.91 Å². The molecule has 1 aromatic heterocycles. The predicted octanol–water partition coefficient (Wildman–Crippen LogP) is 2.07. The Morgan fingerprint density at radius 3 is 2.59 bits per heavy atom. The fraction of sp³-hybridized carbons (Fsp3) is 0.222. The molecule has 0 saturated heterocycles. The Kier molecular flexibility index (Phi) is 7.30. The molecule has 0 radical (unpaired) electrons. The minimum atomic E-state index is -1.00. The van der Waals surface area contributed by atoms with Crippen molar-refractivity contribution >= 4 is 45.2 Å². The number of nitrogens with zero attached hydrogens (tertiary/aromatic N) is 3. The van der Waals surface area contributed by atoms with Crippen molar-refractivity contribution in [2.75, 3.05) is 28.8 Å². The Labute approximate surface area is 164 Å². The number of aromatic nitrogens is 1. The van der Waals surface area contributed by atoms with Gasteiger partial charge in [0.1, 0.15) is 5.82 Å². The Morgan fingerprint density at radius 1 is 1.19 bits per heavy atom. The number of carboxylic acids is 1. The van der Waals surface area contributed by atoms with Crippen molar-refractivity contribution in [2.24, 2.45) is 0 Å². The molecule has 0 aliphatic heterocycles. The highest BCUT2D eigenvalue weighted by molar-refractivity contribution is 9.09. The van der Waals surface area contributed by atoms with Gasteiger partial charge in [-0.3, -0.25) is 29.7 Å². The number of hydrogen-bond acceptors (Lipinski definition) is 5. The number of anilines is 2. The van der Waals surface area contributed by atoms with Crippen molar-refractivity contribution in [2.45, 2.75) is 6.42 Å². The number of aliphatic carboxylic acids is 1. The van der Waals surface area contributed by atoms with Crippen LogP contribution in [0.25, 0.3) is 0 Å². The van der Waals surface area contributed by atoms with E-state index in [2.05, 4.69) is 26.3 Å². The number of carbonyl (C=O) groups excluding carboxylic acids is 2. The molecule has 0 saturated carbocycles. The number of hydrazine groups is 1. The Morgan fingerprint density at radius 2 is 1.96 bits per heavy atom. The van der Waals surface area contributed by atoms with E-state index < -0.39 is 5.97 Å². The van der Waals surface area contributed by atoms with Crippen LogP contribution in [0.5, 0.6) is 0 Å². The number of rotatable bonds is 8. The molecule has 27 heavy (non-hydrogen) atoms. The lowest BCUT2D eigenvalue weighted by Gasteiger charge is -2.23. The molecular weight excluding hydrogens is 416 g/mol. The van der Waals surface area contributed by atoms with Crippen LogP contribution in [0.2, 0.25) is 0 Å². The zero-order chi connectivity index (χ0) is 19.8. The van der Waals surface area contributed by atoms with E-state index >= 15 is 0 Å². The van der Waals surface area contributed by atoms with Crippen molar-refractivity contribution in [3.63, 3.8) is 0 Å². The number of nitrogens with one attached hydrogen (secondary N) is 1. The van der Waals surface area contributed by atoms with E-state index in [9.17, 15) is 14.4 Å². The third kappa shape index (κ3) is 5.78. The van der Waals surface area contributed by atoms with Crippen molar-refractivity contribution in [3.05, 3.63) is 54.2 Å². The minimum absolute atomic E-state index is 0.00836. The lowest BCUT2D eigenvalue weighted by Crippen LogP contribution is -2.40. The van der Waals surface area contributed by atoms with Crippen molar-refractivity contribution in [1.82, 2.24) is 10.4 Å². The molecular formula is C18H19BrN4O4. The van der Waals surface area contributed by atoms with E-state index in [0.29, 0.717) is 17.1 Å². The Bertz CT molecular complexity index is 816. The molecule has 2 rings (SSSR count). The van der Waals surface area contributed by atoms with E-state index in [1.54, 1.807) is 49.5 Å². The number of pyridine rings is 1. The van der Waals surface area contributed by atoms with E-state index in [4.69, 9.17) is 5.11 Å². The molecule has 1 heterocycles. The number of alkyl halides is 1. The van der Waals surface area contributed by atoms with Crippen LogP contribution in [0.1, 0.15) is 16.8 Å². The van der Waals surface area contributed by atoms with Gasteiger partial charge in [0.05, 0.1) is 17.4 Å². The molecule has 0 aliphatic carbocycles. The smallest absolute Gasteiger partial charge is 0.305 e. The maximum atomic E-state index is 13.0. The molecule has 2 amide bonds. The summed E-state index contributed by atoms with van der Waals surface area (Å²) in [5.74, 6) is -1.24. The molecule has 2 N–H and O–H groups in total. The fourth-order valence-electron chi connectivity index (χ4n) is 2.33. The van der Waals surface area contributed by atoms with Gasteiger partial charge in [-0.05, 0) is 30.3 Å². The van der Waals surface area contributed by atoms with Crippen molar-refractivity contribution in [1.29, 1.82) is 0 Å². The molecule has 1 aromatic carbocycles. The zero-order valence-corrected chi connectivity index (χ0v) is 16.2. The van der Waals surface area contributed by atoms with Crippen LogP contribution < -0.4 is 15.3 Å².